The van der Waals surface area contributed by atoms with Gasteiger partial charge in [0.05, 0.1) is 11.7 Å². The molecule has 0 saturated carbocycles. The van der Waals surface area contributed by atoms with E-state index in [1.165, 1.54) is 5.57 Å². The van der Waals surface area contributed by atoms with E-state index in [1.807, 2.05) is 25.1 Å². The highest BCUT2D eigenvalue weighted by atomic mass is 16.1. The molecule has 0 unspecified atom stereocenters. The molecule has 0 spiro atoms. The predicted octanol–water partition coefficient (Wildman–Crippen LogP) is 1.42. The van der Waals surface area contributed by atoms with Gasteiger partial charge in [-0.05, 0) is 30.7 Å². The standard InChI is InChI=1S/C13H14N4O/c1-8(10-5-14-6-10)13(18)16-11-2-3-12-9(4-11)7-15-17-12/h2-4,7,14H,5-6H2,1H3,(H,15,17)(H,16,18). The van der Waals surface area contributed by atoms with Gasteiger partial charge >= 0.3 is 0 Å². The Balaban J connectivity index is 1.81. The van der Waals surface area contributed by atoms with Crippen LogP contribution in [0.1, 0.15) is 6.92 Å². The summed E-state index contributed by atoms with van der Waals surface area (Å²) in [4.78, 5) is 12.0. The highest BCUT2D eigenvalue weighted by molar-refractivity contribution is 6.04. The Hall–Kier alpha value is -2.14. The molecule has 2 aromatic rings. The van der Waals surface area contributed by atoms with Crippen molar-refractivity contribution in [3.05, 3.63) is 35.5 Å². The van der Waals surface area contributed by atoms with Crippen LogP contribution in [0.25, 0.3) is 10.9 Å². The molecule has 1 aromatic carbocycles. The third-order valence-corrected chi connectivity index (χ3v) is 3.25. The number of hydrogen-bond acceptors (Lipinski definition) is 3. The first-order chi connectivity index (χ1) is 8.74. The molecular formula is C13H14N4O. The van der Waals surface area contributed by atoms with Gasteiger partial charge in [-0.2, -0.15) is 5.10 Å². The van der Waals surface area contributed by atoms with Crippen molar-refractivity contribution in [1.29, 1.82) is 0 Å². The molecule has 0 bridgehead atoms. The van der Waals surface area contributed by atoms with Gasteiger partial charge in [0.15, 0.2) is 0 Å². The number of rotatable bonds is 2. The Kier molecular flexibility index (Phi) is 2.60. The summed E-state index contributed by atoms with van der Waals surface area (Å²) in [6, 6.07) is 5.69. The van der Waals surface area contributed by atoms with Crippen LogP contribution in [-0.4, -0.2) is 29.2 Å². The van der Waals surface area contributed by atoms with Crippen molar-refractivity contribution < 1.29 is 4.79 Å². The number of aromatic nitrogens is 2. The molecule has 1 aliphatic heterocycles. The molecule has 5 heteroatoms. The second-order valence-corrected chi connectivity index (χ2v) is 4.46. The predicted molar refractivity (Wildman–Crippen MR) is 70.3 cm³/mol. The van der Waals surface area contributed by atoms with Crippen LogP contribution in [0.2, 0.25) is 0 Å². The van der Waals surface area contributed by atoms with Crippen molar-refractivity contribution >= 4 is 22.5 Å². The lowest BCUT2D eigenvalue weighted by atomic mass is 10.0. The lowest BCUT2D eigenvalue weighted by Crippen LogP contribution is -2.36. The summed E-state index contributed by atoms with van der Waals surface area (Å²) < 4.78 is 0. The van der Waals surface area contributed by atoms with Crippen LogP contribution in [0, 0.1) is 0 Å². The first-order valence-corrected chi connectivity index (χ1v) is 5.88. The lowest BCUT2D eigenvalue weighted by Gasteiger charge is -2.21. The highest BCUT2D eigenvalue weighted by Gasteiger charge is 2.16. The molecule has 3 rings (SSSR count). The third-order valence-electron chi connectivity index (χ3n) is 3.25. The van der Waals surface area contributed by atoms with Gasteiger partial charge in [-0.3, -0.25) is 9.89 Å². The normalized spacial score (nSPS) is 14.4. The molecule has 1 amide bonds. The maximum Gasteiger partial charge on any atom is 0.251 e. The third kappa shape index (κ3) is 1.89. The highest BCUT2D eigenvalue weighted by Crippen LogP contribution is 2.18. The number of anilines is 1. The Morgan fingerprint density at radius 1 is 1.39 bits per heavy atom. The molecule has 0 radical (unpaired) electrons. The molecule has 2 heterocycles. The molecule has 1 aromatic heterocycles. The molecule has 92 valence electrons. The van der Waals surface area contributed by atoms with E-state index >= 15 is 0 Å². The van der Waals surface area contributed by atoms with Gasteiger partial charge in [0, 0.05) is 29.7 Å². The Bertz CT molecular complexity index is 635. The number of aromatic amines is 1. The summed E-state index contributed by atoms with van der Waals surface area (Å²) in [6.45, 7) is 3.50. The molecule has 18 heavy (non-hydrogen) atoms. The fraction of sp³-hybridized carbons (Fsp3) is 0.231. The van der Waals surface area contributed by atoms with Crippen LogP contribution in [0.15, 0.2) is 35.5 Å². The number of carbonyl (C=O) groups is 1. The zero-order valence-corrected chi connectivity index (χ0v) is 10.1. The number of H-pyrrole nitrogens is 1. The number of benzene rings is 1. The second-order valence-electron chi connectivity index (χ2n) is 4.46. The van der Waals surface area contributed by atoms with Gasteiger partial charge in [-0.15, -0.1) is 0 Å². The largest absolute Gasteiger partial charge is 0.322 e. The van der Waals surface area contributed by atoms with Gasteiger partial charge in [-0.1, -0.05) is 0 Å². The van der Waals surface area contributed by atoms with E-state index in [9.17, 15) is 4.79 Å². The van der Waals surface area contributed by atoms with Crippen molar-refractivity contribution in [1.82, 2.24) is 15.5 Å². The Labute approximate surface area is 104 Å². The zero-order chi connectivity index (χ0) is 12.5. The minimum atomic E-state index is -0.0330. The topological polar surface area (TPSA) is 69.8 Å². The number of nitrogens with zero attached hydrogens (tertiary/aromatic N) is 1. The Morgan fingerprint density at radius 3 is 2.94 bits per heavy atom. The van der Waals surface area contributed by atoms with E-state index in [4.69, 9.17) is 0 Å². The molecule has 1 aliphatic rings. The lowest BCUT2D eigenvalue weighted by molar-refractivity contribution is -0.112. The summed E-state index contributed by atoms with van der Waals surface area (Å²) in [5.74, 6) is -0.0330. The Morgan fingerprint density at radius 2 is 2.22 bits per heavy atom. The van der Waals surface area contributed by atoms with Crippen LogP contribution in [-0.2, 0) is 4.79 Å². The molecule has 3 N–H and O–H groups in total. The van der Waals surface area contributed by atoms with E-state index in [1.54, 1.807) is 6.20 Å². The van der Waals surface area contributed by atoms with Crippen molar-refractivity contribution in [3.8, 4) is 0 Å². The minimum Gasteiger partial charge on any atom is -0.322 e. The first-order valence-electron chi connectivity index (χ1n) is 5.88. The monoisotopic (exact) mass is 242 g/mol. The van der Waals surface area contributed by atoms with Gasteiger partial charge in [0.1, 0.15) is 0 Å². The van der Waals surface area contributed by atoms with E-state index in [2.05, 4.69) is 20.8 Å². The van der Waals surface area contributed by atoms with Crippen molar-refractivity contribution in [2.24, 2.45) is 0 Å². The average molecular weight is 242 g/mol. The molecule has 0 aliphatic carbocycles. The first kappa shape index (κ1) is 11.0. The SMILES string of the molecule is CC(C(=O)Nc1ccc2[nH]ncc2c1)=C1CNC1. The number of nitrogens with one attached hydrogen (secondary N) is 3. The van der Waals surface area contributed by atoms with Gasteiger partial charge in [0.2, 0.25) is 0 Å². The van der Waals surface area contributed by atoms with E-state index in [0.717, 1.165) is 35.3 Å². The van der Waals surface area contributed by atoms with Crippen molar-refractivity contribution in [3.63, 3.8) is 0 Å². The summed E-state index contributed by atoms with van der Waals surface area (Å²) in [7, 11) is 0. The summed E-state index contributed by atoms with van der Waals surface area (Å²) in [5, 5.41) is 13.9. The van der Waals surface area contributed by atoms with Gasteiger partial charge in [0.25, 0.3) is 5.91 Å². The summed E-state index contributed by atoms with van der Waals surface area (Å²) in [6.07, 6.45) is 1.74. The minimum absolute atomic E-state index is 0.0330. The van der Waals surface area contributed by atoms with Crippen molar-refractivity contribution in [2.75, 3.05) is 18.4 Å². The zero-order valence-electron chi connectivity index (χ0n) is 10.1. The summed E-state index contributed by atoms with van der Waals surface area (Å²) >= 11 is 0. The van der Waals surface area contributed by atoms with Crippen LogP contribution in [0.3, 0.4) is 0 Å². The van der Waals surface area contributed by atoms with Crippen LogP contribution < -0.4 is 10.6 Å². The van der Waals surface area contributed by atoms with E-state index in [-0.39, 0.29) is 5.91 Å². The van der Waals surface area contributed by atoms with Gasteiger partial charge < -0.3 is 10.6 Å². The van der Waals surface area contributed by atoms with Crippen LogP contribution >= 0.6 is 0 Å². The fourth-order valence-corrected chi connectivity index (χ4v) is 1.92. The maximum absolute atomic E-state index is 12.0. The van der Waals surface area contributed by atoms with E-state index < -0.39 is 0 Å². The smallest absolute Gasteiger partial charge is 0.251 e. The molecule has 1 saturated heterocycles. The number of carbonyl (C=O) groups excluding carboxylic acids is 1. The molecule has 1 fully saturated rings. The molecule has 5 nitrogen and oxygen atoms in total. The number of fused-ring (bicyclic) bond motifs is 1. The quantitative estimate of drug-likeness (QED) is 0.697. The van der Waals surface area contributed by atoms with Gasteiger partial charge in [-0.25, -0.2) is 0 Å². The molecule has 0 atom stereocenters. The average Bonchev–Trinajstić information content (AvgIpc) is 2.73. The maximum atomic E-state index is 12.0. The fourth-order valence-electron chi connectivity index (χ4n) is 1.92. The number of hydrogen-bond donors (Lipinski definition) is 3. The second kappa shape index (κ2) is 4.27. The van der Waals surface area contributed by atoms with Crippen LogP contribution in [0.5, 0.6) is 0 Å². The van der Waals surface area contributed by atoms with E-state index in [0.29, 0.717) is 0 Å². The summed E-state index contributed by atoms with van der Waals surface area (Å²) in [5.41, 5.74) is 3.74. The molecular weight excluding hydrogens is 228 g/mol. The van der Waals surface area contributed by atoms with Crippen molar-refractivity contribution in [2.45, 2.75) is 6.92 Å². The number of amides is 1. The van der Waals surface area contributed by atoms with Crippen LogP contribution in [0.4, 0.5) is 5.69 Å².